The quantitative estimate of drug-likeness (QED) is 0.723. The lowest BCUT2D eigenvalue weighted by Gasteiger charge is -2.24. The second-order valence-electron chi connectivity index (χ2n) is 6.35. The van der Waals surface area contributed by atoms with E-state index in [4.69, 9.17) is 17.0 Å². The molecule has 0 aromatic heterocycles. The Morgan fingerprint density at radius 3 is 2.54 bits per heavy atom. The standard InChI is InChI=1S/C18H24N2O2S2/c1-22-16-8-4-14(5-9-16)12-20(15-6-7-15)17(21)13-24-18(23)19-10-2-3-11-19/h4-5,8-9,15H,2-3,6-7,10-13H2,1H3. The normalized spacial score (nSPS) is 17.0. The zero-order valence-corrected chi connectivity index (χ0v) is 15.7. The Hall–Kier alpha value is -1.27. The van der Waals surface area contributed by atoms with Gasteiger partial charge in [-0.25, -0.2) is 0 Å². The van der Waals surface area contributed by atoms with Crippen molar-refractivity contribution >= 4 is 34.2 Å². The predicted octanol–water partition coefficient (Wildman–Crippen LogP) is 3.30. The first-order chi connectivity index (χ1) is 11.7. The molecule has 1 aliphatic heterocycles. The molecule has 1 heterocycles. The first-order valence-corrected chi connectivity index (χ1v) is 9.91. The van der Waals surface area contributed by atoms with E-state index in [0.29, 0.717) is 18.3 Å². The fraction of sp³-hybridized carbons (Fsp3) is 0.556. The molecule has 0 unspecified atom stereocenters. The van der Waals surface area contributed by atoms with Gasteiger partial charge in [0.25, 0.3) is 0 Å². The fourth-order valence-electron chi connectivity index (χ4n) is 2.93. The first-order valence-electron chi connectivity index (χ1n) is 8.51. The van der Waals surface area contributed by atoms with Crippen molar-refractivity contribution in [3.05, 3.63) is 29.8 Å². The number of thiocarbonyl (C=S) groups is 1. The van der Waals surface area contributed by atoms with Gasteiger partial charge in [-0.2, -0.15) is 0 Å². The van der Waals surface area contributed by atoms with E-state index in [1.54, 1.807) is 7.11 Å². The number of hydrogen-bond donors (Lipinski definition) is 0. The number of ether oxygens (including phenoxy) is 1. The first kappa shape index (κ1) is 17.5. The van der Waals surface area contributed by atoms with Crippen molar-refractivity contribution in [3.8, 4) is 5.75 Å². The molecule has 6 heteroatoms. The molecule has 1 aliphatic carbocycles. The second kappa shape index (κ2) is 8.21. The summed E-state index contributed by atoms with van der Waals surface area (Å²) in [5, 5.41) is 0. The highest BCUT2D eigenvalue weighted by atomic mass is 32.2. The van der Waals surface area contributed by atoms with E-state index >= 15 is 0 Å². The molecule has 1 saturated heterocycles. The van der Waals surface area contributed by atoms with Crippen molar-refractivity contribution in [2.75, 3.05) is 26.0 Å². The number of methoxy groups -OCH3 is 1. The van der Waals surface area contributed by atoms with E-state index < -0.39 is 0 Å². The molecule has 4 nitrogen and oxygen atoms in total. The highest BCUT2D eigenvalue weighted by Crippen LogP contribution is 2.29. The maximum Gasteiger partial charge on any atom is 0.233 e. The molecule has 2 aliphatic rings. The summed E-state index contributed by atoms with van der Waals surface area (Å²) in [5.74, 6) is 1.48. The third-order valence-electron chi connectivity index (χ3n) is 4.50. The molecule has 1 aromatic rings. The van der Waals surface area contributed by atoms with Crippen LogP contribution in [0.25, 0.3) is 0 Å². The molecule has 2 fully saturated rings. The molecule has 0 bridgehead atoms. The van der Waals surface area contributed by atoms with Crippen LogP contribution in [0.2, 0.25) is 0 Å². The number of likely N-dealkylation sites (tertiary alicyclic amines) is 1. The van der Waals surface area contributed by atoms with E-state index in [1.165, 1.54) is 24.6 Å². The van der Waals surface area contributed by atoms with Gasteiger partial charge in [-0.3, -0.25) is 4.79 Å². The number of carbonyl (C=O) groups is 1. The highest BCUT2D eigenvalue weighted by Gasteiger charge is 2.32. The average molecular weight is 365 g/mol. The van der Waals surface area contributed by atoms with Crippen LogP contribution in [0.1, 0.15) is 31.2 Å². The summed E-state index contributed by atoms with van der Waals surface area (Å²) in [7, 11) is 1.66. The molecule has 0 radical (unpaired) electrons. The van der Waals surface area contributed by atoms with E-state index in [2.05, 4.69) is 4.90 Å². The highest BCUT2D eigenvalue weighted by molar-refractivity contribution is 8.23. The molecule has 0 atom stereocenters. The van der Waals surface area contributed by atoms with Gasteiger partial charge in [0.15, 0.2) is 0 Å². The molecule has 24 heavy (non-hydrogen) atoms. The lowest BCUT2D eigenvalue weighted by Crippen LogP contribution is -2.35. The maximum atomic E-state index is 12.7. The number of hydrogen-bond acceptors (Lipinski definition) is 4. The lowest BCUT2D eigenvalue weighted by atomic mass is 10.2. The summed E-state index contributed by atoms with van der Waals surface area (Å²) in [6.45, 7) is 2.75. The van der Waals surface area contributed by atoms with Crippen LogP contribution < -0.4 is 4.74 Å². The molecule has 1 aromatic carbocycles. The summed E-state index contributed by atoms with van der Waals surface area (Å²) in [5.41, 5.74) is 1.14. The Morgan fingerprint density at radius 2 is 1.96 bits per heavy atom. The molecule has 130 valence electrons. The third kappa shape index (κ3) is 4.63. The Balaban J connectivity index is 1.54. The van der Waals surface area contributed by atoms with E-state index in [0.717, 1.165) is 41.6 Å². The van der Waals surface area contributed by atoms with Crippen LogP contribution in [-0.4, -0.2) is 52.0 Å². The SMILES string of the molecule is COc1ccc(CN(C(=O)CSC(=S)N2CCCC2)C2CC2)cc1. The summed E-state index contributed by atoms with van der Waals surface area (Å²) in [4.78, 5) is 16.9. The molecule has 1 amide bonds. The van der Waals surface area contributed by atoms with Gasteiger partial charge in [-0.05, 0) is 43.4 Å². The summed E-state index contributed by atoms with van der Waals surface area (Å²) < 4.78 is 6.07. The summed E-state index contributed by atoms with van der Waals surface area (Å²) in [6, 6.07) is 8.36. The Labute approximate surface area is 153 Å². The smallest absolute Gasteiger partial charge is 0.233 e. The topological polar surface area (TPSA) is 32.8 Å². The van der Waals surface area contributed by atoms with Crippen molar-refractivity contribution in [2.45, 2.75) is 38.3 Å². The Bertz CT molecular complexity index is 581. The minimum atomic E-state index is 0.194. The van der Waals surface area contributed by atoms with Crippen molar-refractivity contribution in [1.29, 1.82) is 0 Å². The van der Waals surface area contributed by atoms with Gasteiger partial charge in [0.05, 0.1) is 12.9 Å². The predicted molar refractivity (Wildman–Crippen MR) is 102 cm³/mol. The zero-order chi connectivity index (χ0) is 16.9. The number of rotatable bonds is 6. The fourth-order valence-corrected chi connectivity index (χ4v) is 4.07. The summed E-state index contributed by atoms with van der Waals surface area (Å²) in [6.07, 6.45) is 4.65. The molecule has 0 spiro atoms. The van der Waals surface area contributed by atoms with Gasteiger partial charge in [0, 0.05) is 25.7 Å². The van der Waals surface area contributed by atoms with E-state index in [-0.39, 0.29) is 5.91 Å². The molecular weight excluding hydrogens is 340 g/mol. The molecule has 3 rings (SSSR count). The number of amides is 1. The number of benzene rings is 1. The van der Waals surface area contributed by atoms with Crippen LogP contribution in [0, 0.1) is 0 Å². The minimum absolute atomic E-state index is 0.194. The van der Waals surface area contributed by atoms with Gasteiger partial charge in [-0.15, -0.1) is 0 Å². The van der Waals surface area contributed by atoms with Crippen molar-refractivity contribution in [1.82, 2.24) is 9.80 Å². The van der Waals surface area contributed by atoms with Crippen LogP contribution in [0.3, 0.4) is 0 Å². The second-order valence-corrected chi connectivity index (χ2v) is 7.96. The van der Waals surface area contributed by atoms with Crippen molar-refractivity contribution < 1.29 is 9.53 Å². The number of carbonyl (C=O) groups excluding carboxylic acids is 1. The minimum Gasteiger partial charge on any atom is -0.497 e. The monoisotopic (exact) mass is 364 g/mol. The Morgan fingerprint density at radius 1 is 1.29 bits per heavy atom. The van der Waals surface area contributed by atoms with Gasteiger partial charge < -0.3 is 14.5 Å². The molecule has 0 N–H and O–H groups in total. The Kier molecular flexibility index (Phi) is 6.00. The number of nitrogens with zero attached hydrogens (tertiary/aromatic N) is 2. The van der Waals surface area contributed by atoms with Crippen LogP contribution in [0.5, 0.6) is 5.75 Å². The third-order valence-corrected chi connectivity index (χ3v) is 6.01. The van der Waals surface area contributed by atoms with Crippen LogP contribution >= 0.6 is 24.0 Å². The summed E-state index contributed by atoms with van der Waals surface area (Å²) >= 11 is 6.98. The van der Waals surface area contributed by atoms with Gasteiger partial charge in [0.2, 0.25) is 5.91 Å². The van der Waals surface area contributed by atoms with E-state index in [1.807, 2.05) is 29.2 Å². The van der Waals surface area contributed by atoms with Crippen molar-refractivity contribution in [3.63, 3.8) is 0 Å². The van der Waals surface area contributed by atoms with Gasteiger partial charge >= 0.3 is 0 Å². The van der Waals surface area contributed by atoms with E-state index in [9.17, 15) is 4.79 Å². The zero-order valence-electron chi connectivity index (χ0n) is 14.1. The van der Waals surface area contributed by atoms with Crippen LogP contribution in [0.4, 0.5) is 0 Å². The molecular formula is C18H24N2O2S2. The lowest BCUT2D eigenvalue weighted by molar-refractivity contribution is -0.129. The van der Waals surface area contributed by atoms with Gasteiger partial charge in [-0.1, -0.05) is 36.1 Å². The van der Waals surface area contributed by atoms with Crippen LogP contribution in [0.15, 0.2) is 24.3 Å². The number of thioether (sulfide) groups is 1. The largest absolute Gasteiger partial charge is 0.497 e. The van der Waals surface area contributed by atoms with Gasteiger partial charge in [0.1, 0.15) is 10.1 Å². The van der Waals surface area contributed by atoms with Crippen LogP contribution in [-0.2, 0) is 11.3 Å². The molecule has 1 saturated carbocycles. The van der Waals surface area contributed by atoms with Crippen molar-refractivity contribution in [2.24, 2.45) is 0 Å². The maximum absolute atomic E-state index is 12.7. The average Bonchev–Trinajstić information content (AvgIpc) is 3.30.